The van der Waals surface area contributed by atoms with Gasteiger partial charge in [-0.15, -0.1) is 0 Å². The van der Waals surface area contributed by atoms with Crippen LogP contribution in [0.15, 0.2) is 47.3 Å². The van der Waals surface area contributed by atoms with Gasteiger partial charge in [0.25, 0.3) is 5.91 Å². The van der Waals surface area contributed by atoms with Gasteiger partial charge in [-0.2, -0.15) is 0 Å². The number of ether oxygens (including phenoxy) is 1. The molecule has 3 heterocycles. The van der Waals surface area contributed by atoms with E-state index in [9.17, 15) is 9.18 Å². The zero-order valence-corrected chi connectivity index (χ0v) is 15.2. The van der Waals surface area contributed by atoms with Crippen LogP contribution in [-0.2, 0) is 4.74 Å². The first kappa shape index (κ1) is 18.0. The molecule has 0 aliphatic carbocycles. The molecule has 2 aliphatic rings. The number of furan rings is 1. The van der Waals surface area contributed by atoms with E-state index in [2.05, 4.69) is 9.80 Å². The number of morpholine rings is 1. The fraction of sp³-hybridized carbons (Fsp3) is 0.450. The molecule has 0 bridgehead atoms. The van der Waals surface area contributed by atoms with Gasteiger partial charge in [0.15, 0.2) is 0 Å². The molecule has 0 saturated carbocycles. The van der Waals surface area contributed by atoms with E-state index in [0.29, 0.717) is 25.3 Å². The minimum atomic E-state index is -0.207. The Kier molecular flexibility index (Phi) is 5.40. The van der Waals surface area contributed by atoms with Gasteiger partial charge in [-0.3, -0.25) is 9.69 Å². The van der Waals surface area contributed by atoms with Crippen molar-refractivity contribution in [2.24, 2.45) is 0 Å². The molecular weight excluding hydrogens is 349 g/mol. The highest BCUT2D eigenvalue weighted by Gasteiger charge is 2.28. The molecular formula is C20H24FN3O3. The summed E-state index contributed by atoms with van der Waals surface area (Å²) >= 11 is 0. The largest absolute Gasteiger partial charge is 0.472 e. The second-order valence-electron chi connectivity index (χ2n) is 7.02. The van der Waals surface area contributed by atoms with Crippen molar-refractivity contribution >= 4 is 11.6 Å². The topological polar surface area (TPSA) is 49.2 Å². The first-order valence-electron chi connectivity index (χ1n) is 9.35. The van der Waals surface area contributed by atoms with Crippen molar-refractivity contribution in [3.8, 4) is 0 Å². The summed E-state index contributed by atoms with van der Waals surface area (Å²) in [7, 11) is 0. The molecule has 1 amide bonds. The molecule has 0 N–H and O–H groups in total. The summed E-state index contributed by atoms with van der Waals surface area (Å²) < 4.78 is 24.0. The van der Waals surface area contributed by atoms with E-state index in [1.165, 1.54) is 24.7 Å². The maximum absolute atomic E-state index is 13.1. The van der Waals surface area contributed by atoms with E-state index in [0.717, 1.165) is 38.4 Å². The molecule has 4 rings (SSSR count). The molecule has 1 aromatic heterocycles. The number of carbonyl (C=O) groups is 1. The first-order valence-corrected chi connectivity index (χ1v) is 9.35. The van der Waals surface area contributed by atoms with Gasteiger partial charge in [-0.05, 0) is 30.3 Å². The lowest BCUT2D eigenvalue weighted by atomic mass is 10.2. The second-order valence-corrected chi connectivity index (χ2v) is 7.02. The fourth-order valence-corrected chi connectivity index (χ4v) is 3.71. The zero-order chi connectivity index (χ0) is 18.6. The highest BCUT2D eigenvalue weighted by molar-refractivity contribution is 5.93. The van der Waals surface area contributed by atoms with Gasteiger partial charge in [0.1, 0.15) is 12.1 Å². The molecule has 27 heavy (non-hydrogen) atoms. The van der Waals surface area contributed by atoms with Gasteiger partial charge in [0, 0.05) is 51.5 Å². The van der Waals surface area contributed by atoms with Crippen LogP contribution in [0.5, 0.6) is 0 Å². The van der Waals surface area contributed by atoms with E-state index < -0.39 is 0 Å². The van der Waals surface area contributed by atoms with Crippen LogP contribution in [0.3, 0.4) is 0 Å². The number of hydrogen-bond donors (Lipinski definition) is 0. The Bertz CT molecular complexity index is 742. The van der Waals surface area contributed by atoms with E-state index in [4.69, 9.17) is 9.15 Å². The van der Waals surface area contributed by atoms with Crippen molar-refractivity contribution in [1.29, 1.82) is 0 Å². The van der Waals surface area contributed by atoms with Crippen LogP contribution < -0.4 is 4.90 Å². The van der Waals surface area contributed by atoms with Crippen LogP contribution in [-0.4, -0.2) is 74.2 Å². The Morgan fingerprint density at radius 3 is 2.56 bits per heavy atom. The lowest BCUT2D eigenvalue weighted by Gasteiger charge is -2.39. The van der Waals surface area contributed by atoms with Crippen LogP contribution >= 0.6 is 0 Å². The number of amides is 1. The molecule has 0 spiro atoms. The Morgan fingerprint density at radius 2 is 1.85 bits per heavy atom. The molecule has 2 aliphatic heterocycles. The highest BCUT2D eigenvalue weighted by atomic mass is 19.1. The Hall–Kier alpha value is -2.38. The number of carbonyl (C=O) groups excluding carboxylic acids is 1. The molecule has 2 saturated heterocycles. The normalized spacial score (nSPS) is 21.4. The third-order valence-electron chi connectivity index (χ3n) is 5.22. The van der Waals surface area contributed by atoms with Crippen molar-refractivity contribution < 1.29 is 18.3 Å². The summed E-state index contributed by atoms with van der Waals surface area (Å²) in [6.45, 7) is 6.23. The van der Waals surface area contributed by atoms with Gasteiger partial charge in [-0.25, -0.2) is 4.39 Å². The smallest absolute Gasteiger partial charge is 0.257 e. The van der Waals surface area contributed by atoms with Crippen molar-refractivity contribution in [2.45, 2.75) is 6.10 Å². The summed E-state index contributed by atoms with van der Waals surface area (Å²) in [5, 5.41) is 0. The fourth-order valence-electron chi connectivity index (χ4n) is 3.71. The van der Waals surface area contributed by atoms with Crippen molar-refractivity contribution in [3.05, 3.63) is 54.2 Å². The molecule has 6 nitrogen and oxygen atoms in total. The van der Waals surface area contributed by atoms with Gasteiger partial charge in [0.2, 0.25) is 0 Å². The monoisotopic (exact) mass is 373 g/mol. The van der Waals surface area contributed by atoms with E-state index in [-0.39, 0.29) is 17.8 Å². The van der Waals surface area contributed by atoms with E-state index in [1.807, 2.05) is 17.0 Å². The molecule has 1 unspecified atom stereocenters. The number of piperazine rings is 1. The molecule has 144 valence electrons. The summed E-state index contributed by atoms with van der Waals surface area (Å²) in [5.41, 5.74) is 1.64. The summed E-state index contributed by atoms with van der Waals surface area (Å²) in [6, 6.07) is 8.36. The molecule has 2 fully saturated rings. The number of hydrogen-bond acceptors (Lipinski definition) is 5. The SMILES string of the molecule is O=C(c1ccoc1)N1CCOC(CN2CCN(c3ccc(F)cc3)CC2)C1. The van der Waals surface area contributed by atoms with Crippen LogP contribution in [0.1, 0.15) is 10.4 Å². The van der Waals surface area contributed by atoms with Crippen LogP contribution in [0.2, 0.25) is 0 Å². The van der Waals surface area contributed by atoms with Gasteiger partial charge < -0.3 is 19.0 Å². The van der Waals surface area contributed by atoms with E-state index >= 15 is 0 Å². The van der Waals surface area contributed by atoms with Crippen molar-refractivity contribution in [1.82, 2.24) is 9.80 Å². The number of benzene rings is 1. The lowest BCUT2D eigenvalue weighted by Crippen LogP contribution is -2.53. The minimum Gasteiger partial charge on any atom is -0.472 e. The quantitative estimate of drug-likeness (QED) is 0.821. The summed E-state index contributed by atoms with van der Waals surface area (Å²) in [6.07, 6.45) is 3.03. The number of anilines is 1. The second kappa shape index (κ2) is 8.10. The number of rotatable bonds is 4. The standard InChI is InChI=1S/C20H24FN3O3/c21-17-1-3-18(4-2-17)23-8-6-22(7-9-23)13-19-14-24(10-12-27-19)20(25)16-5-11-26-15-16/h1-5,11,15,19H,6-10,12-14H2. The molecule has 0 radical (unpaired) electrons. The third-order valence-corrected chi connectivity index (χ3v) is 5.22. The Labute approximate surface area is 158 Å². The van der Waals surface area contributed by atoms with Gasteiger partial charge >= 0.3 is 0 Å². The highest BCUT2D eigenvalue weighted by Crippen LogP contribution is 2.18. The number of nitrogens with zero attached hydrogens (tertiary/aromatic N) is 3. The van der Waals surface area contributed by atoms with E-state index in [1.54, 1.807) is 6.07 Å². The molecule has 1 atom stereocenters. The average molecular weight is 373 g/mol. The maximum atomic E-state index is 13.1. The van der Waals surface area contributed by atoms with Crippen LogP contribution in [0.25, 0.3) is 0 Å². The first-order chi connectivity index (χ1) is 13.2. The third kappa shape index (κ3) is 4.31. The lowest BCUT2D eigenvalue weighted by molar-refractivity contribution is -0.0363. The van der Waals surface area contributed by atoms with Crippen molar-refractivity contribution in [2.75, 3.05) is 57.3 Å². The number of halogens is 1. The Balaban J connectivity index is 1.27. The zero-order valence-electron chi connectivity index (χ0n) is 15.2. The summed E-state index contributed by atoms with van der Waals surface area (Å²) in [4.78, 5) is 19.0. The molecule has 1 aromatic carbocycles. The Morgan fingerprint density at radius 1 is 1.07 bits per heavy atom. The maximum Gasteiger partial charge on any atom is 0.257 e. The van der Waals surface area contributed by atoms with Crippen LogP contribution in [0.4, 0.5) is 10.1 Å². The predicted octanol–water partition coefficient (Wildman–Crippen LogP) is 2.08. The molecule has 7 heteroatoms. The average Bonchev–Trinajstić information content (AvgIpc) is 3.24. The predicted molar refractivity (Wildman–Crippen MR) is 99.4 cm³/mol. The van der Waals surface area contributed by atoms with Gasteiger partial charge in [-0.1, -0.05) is 0 Å². The van der Waals surface area contributed by atoms with Crippen LogP contribution in [0, 0.1) is 5.82 Å². The minimum absolute atomic E-state index is 0.00169. The molecule has 2 aromatic rings. The van der Waals surface area contributed by atoms with Crippen molar-refractivity contribution in [3.63, 3.8) is 0 Å². The van der Waals surface area contributed by atoms with Gasteiger partial charge in [0.05, 0.1) is 24.5 Å². The summed E-state index contributed by atoms with van der Waals surface area (Å²) in [5.74, 6) is -0.209.